The van der Waals surface area contributed by atoms with Crippen LogP contribution in [0.5, 0.6) is 0 Å². The zero-order chi connectivity index (χ0) is 15.1. The number of para-hydroxylation sites is 1. The highest BCUT2D eigenvalue weighted by Gasteiger charge is 2.17. The molecule has 0 spiro atoms. The molecule has 0 saturated carbocycles. The third-order valence-corrected chi connectivity index (χ3v) is 3.55. The van der Waals surface area contributed by atoms with Crippen molar-refractivity contribution >= 4 is 29.3 Å². The standard InChI is InChI=1S/C9H7N.C8H13NO2.ClH/c1-2-6-9-8(4-1)5-3-7-10-9;1-9-6-2-3-7(9)4-5-8(10)11;/h1-7H;4-5,7H,2-3,6H2,1H3,(H,10,11);1H/b;5-4+;. The lowest BCUT2D eigenvalue weighted by Crippen LogP contribution is -2.22. The van der Waals surface area contributed by atoms with Gasteiger partial charge >= 0.3 is 5.97 Å². The summed E-state index contributed by atoms with van der Waals surface area (Å²) in [6, 6.07) is 12.4. The Hall–Kier alpha value is -1.91. The van der Waals surface area contributed by atoms with Gasteiger partial charge < -0.3 is 5.11 Å². The molecule has 0 aliphatic carbocycles. The van der Waals surface area contributed by atoms with Crippen LogP contribution in [-0.2, 0) is 4.79 Å². The van der Waals surface area contributed by atoms with Crippen LogP contribution in [0, 0.1) is 0 Å². The molecule has 22 heavy (non-hydrogen) atoms. The van der Waals surface area contributed by atoms with Crippen molar-refractivity contribution in [1.29, 1.82) is 0 Å². The third-order valence-electron chi connectivity index (χ3n) is 3.55. The van der Waals surface area contributed by atoms with E-state index in [1.54, 1.807) is 6.08 Å². The second-order valence-corrected chi connectivity index (χ2v) is 5.08. The molecule has 5 heteroatoms. The van der Waals surface area contributed by atoms with E-state index in [0.29, 0.717) is 6.04 Å². The molecule has 0 amide bonds. The van der Waals surface area contributed by atoms with Crippen molar-refractivity contribution in [1.82, 2.24) is 9.88 Å². The van der Waals surface area contributed by atoms with Crippen molar-refractivity contribution in [2.75, 3.05) is 13.6 Å². The van der Waals surface area contributed by atoms with Gasteiger partial charge in [-0.25, -0.2) is 4.79 Å². The summed E-state index contributed by atoms with van der Waals surface area (Å²) < 4.78 is 0. The molecule has 1 saturated heterocycles. The number of aliphatic carboxylic acids is 1. The second-order valence-electron chi connectivity index (χ2n) is 5.08. The SMILES string of the molecule is CN1CCCC1/C=C/C(=O)O.Cl.c1ccc2ncccc2c1. The van der Waals surface area contributed by atoms with Crippen LogP contribution >= 0.6 is 12.4 Å². The van der Waals surface area contributed by atoms with Crippen LogP contribution in [0.4, 0.5) is 0 Å². The predicted molar refractivity (Wildman–Crippen MR) is 91.4 cm³/mol. The first-order valence-corrected chi connectivity index (χ1v) is 7.08. The number of likely N-dealkylation sites (tertiary alicyclic amines) is 1. The second kappa shape index (κ2) is 9.18. The van der Waals surface area contributed by atoms with E-state index >= 15 is 0 Å². The number of nitrogens with zero attached hydrogens (tertiary/aromatic N) is 2. The molecule has 1 unspecified atom stereocenters. The summed E-state index contributed by atoms with van der Waals surface area (Å²) in [5.74, 6) is -0.856. The van der Waals surface area contributed by atoms with Crippen LogP contribution in [0.1, 0.15) is 12.8 Å². The normalized spacial score (nSPS) is 17.8. The maximum absolute atomic E-state index is 10.2. The lowest BCUT2D eigenvalue weighted by molar-refractivity contribution is -0.131. The third kappa shape index (κ3) is 5.47. The molecule has 3 rings (SSSR count). The highest BCUT2D eigenvalue weighted by molar-refractivity contribution is 5.85. The van der Waals surface area contributed by atoms with Gasteiger partial charge in [-0.15, -0.1) is 12.4 Å². The van der Waals surface area contributed by atoms with Gasteiger partial charge in [-0.05, 0) is 38.6 Å². The summed E-state index contributed by atoms with van der Waals surface area (Å²) in [6.07, 6.45) is 7.05. The Labute approximate surface area is 136 Å². The minimum absolute atomic E-state index is 0. The zero-order valence-electron chi connectivity index (χ0n) is 12.6. The van der Waals surface area contributed by atoms with Gasteiger partial charge in [0.15, 0.2) is 0 Å². The number of carboxylic acids is 1. The fourth-order valence-electron chi connectivity index (χ4n) is 2.39. The largest absolute Gasteiger partial charge is 0.478 e. The van der Waals surface area contributed by atoms with Gasteiger partial charge in [-0.2, -0.15) is 0 Å². The van der Waals surface area contributed by atoms with Crippen LogP contribution in [0.3, 0.4) is 0 Å². The molecule has 118 valence electrons. The number of halogens is 1. The Morgan fingerprint density at radius 1 is 1.32 bits per heavy atom. The smallest absolute Gasteiger partial charge is 0.328 e. The number of likely N-dealkylation sites (N-methyl/N-ethyl adjacent to an activating group) is 1. The monoisotopic (exact) mass is 320 g/mol. The van der Waals surface area contributed by atoms with Crippen molar-refractivity contribution in [3.8, 4) is 0 Å². The average molecular weight is 321 g/mol. The number of hydrogen-bond acceptors (Lipinski definition) is 3. The van der Waals surface area contributed by atoms with Gasteiger partial charge in [0.25, 0.3) is 0 Å². The van der Waals surface area contributed by atoms with Crippen LogP contribution < -0.4 is 0 Å². The maximum Gasteiger partial charge on any atom is 0.328 e. The van der Waals surface area contributed by atoms with E-state index in [4.69, 9.17) is 5.11 Å². The summed E-state index contributed by atoms with van der Waals surface area (Å²) in [6.45, 7) is 1.08. The van der Waals surface area contributed by atoms with Crippen molar-refractivity contribution in [3.05, 3.63) is 54.7 Å². The molecule has 0 radical (unpaired) electrons. The number of pyridine rings is 1. The first-order chi connectivity index (χ1) is 10.2. The van der Waals surface area contributed by atoms with Crippen molar-refractivity contribution in [2.45, 2.75) is 18.9 Å². The maximum atomic E-state index is 10.2. The minimum atomic E-state index is -0.856. The fourth-order valence-corrected chi connectivity index (χ4v) is 2.39. The molecule has 4 nitrogen and oxygen atoms in total. The molecule has 1 N–H and O–H groups in total. The minimum Gasteiger partial charge on any atom is -0.478 e. The molecule has 0 bridgehead atoms. The molecule has 2 heterocycles. The Morgan fingerprint density at radius 2 is 2.05 bits per heavy atom. The van der Waals surface area contributed by atoms with Crippen LogP contribution in [0.25, 0.3) is 10.9 Å². The van der Waals surface area contributed by atoms with Gasteiger partial charge in [0.1, 0.15) is 0 Å². The van der Waals surface area contributed by atoms with Gasteiger partial charge in [-0.3, -0.25) is 9.88 Å². The van der Waals surface area contributed by atoms with E-state index in [1.165, 1.54) is 17.9 Å². The summed E-state index contributed by atoms with van der Waals surface area (Å²) in [4.78, 5) is 16.5. The fraction of sp³-hybridized carbons (Fsp3) is 0.294. The number of aromatic nitrogens is 1. The lowest BCUT2D eigenvalue weighted by Gasteiger charge is -2.14. The Bertz CT molecular complexity index is 565. The van der Waals surface area contributed by atoms with Gasteiger partial charge in [0, 0.05) is 23.7 Å². The van der Waals surface area contributed by atoms with Crippen LogP contribution in [0.2, 0.25) is 0 Å². The van der Waals surface area contributed by atoms with Crippen molar-refractivity contribution in [3.63, 3.8) is 0 Å². The number of carboxylic acid groups (broad SMARTS) is 1. The number of hydrogen-bond donors (Lipinski definition) is 1. The first kappa shape index (κ1) is 18.1. The highest BCUT2D eigenvalue weighted by Crippen LogP contribution is 2.15. The van der Waals surface area contributed by atoms with Gasteiger partial charge in [-0.1, -0.05) is 30.3 Å². The molecule has 1 aromatic carbocycles. The van der Waals surface area contributed by atoms with Gasteiger partial charge in [0.05, 0.1) is 5.52 Å². The van der Waals surface area contributed by atoms with E-state index in [1.807, 2.05) is 37.5 Å². The van der Waals surface area contributed by atoms with E-state index in [9.17, 15) is 4.79 Å². The molecular formula is C17H21ClN2O2. The molecule has 2 aromatic rings. The quantitative estimate of drug-likeness (QED) is 0.862. The molecule has 1 fully saturated rings. The number of rotatable bonds is 2. The Balaban J connectivity index is 0.000000211. The topological polar surface area (TPSA) is 53.4 Å². The Kier molecular flexibility index (Phi) is 7.57. The van der Waals surface area contributed by atoms with Crippen molar-refractivity contribution in [2.24, 2.45) is 0 Å². The average Bonchev–Trinajstić information content (AvgIpc) is 2.91. The first-order valence-electron chi connectivity index (χ1n) is 7.08. The molecule has 1 aliphatic heterocycles. The number of carbonyl (C=O) groups is 1. The lowest BCUT2D eigenvalue weighted by atomic mass is 10.2. The summed E-state index contributed by atoms with van der Waals surface area (Å²) in [5, 5.41) is 9.55. The van der Waals surface area contributed by atoms with E-state index in [-0.39, 0.29) is 12.4 Å². The summed E-state index contributed by atoms with van der Waals surface area (Å²) in [7, 11) is 2.02. The van der Waals surface area contributed by atoms with Crippen molar-refractivity contribution < 1.29 is 9.90 Å². The van der Waals surface area contributed by atoms with Gasteiger partial charge in [0.2, 0.25) is 0 Å². The number of benzene rings is 1. The summed E-state index contributed by atoms with van der Waals surface area (Å²) in [5.41, 5.74) is 1.06. The molecule has 1 aromatic heterocycles. The zero-order valence-corrected chi connectivity index (χ0v) is 13.4. The van der Waals surface area contributed by atoms with Crippen LogP contribution in [0.15, 0.2) is 54.7 Å². The Morgan fingerprint density at radius 3 is 2.68 bits per heavy atom. The number of fused-ring (bicyclic) bond motifs is 1. The van der Waals surface area contributed by atoms with E-state index in [0.717, 1.165) is 18.5 Å². The molecular weight excluding hydrogens is 300 g/mol. The molecule has 1 atom stereocenters. The van der Waals surface area contributed by atoms with Crippen LogP contribution in [-0.4, -0.2) is 40.6 Å². The summed E-state index contributed by atoms with van der Waals surface area (Å²) >= 11 is 0. The van der Waals surface area contributed by atoms with E-state index in [2.05, 4.69) is 22.0 Å². The van der Waals surface area contributed by atoms with E-state index < -0.39 is 5.97 Å². The predicted octanol–water partition coefficient (Wildman–Crippen LogP) is 3.38. The highest BCUT2D eigenvalue weighted by atomic mass is 35.5. The molecule has 1 aliphatic rings.